The van der Waals surface area contributed by atoms with Crippen molar-refractivity contribution in [2.75, 3.05) is 13.2 Å². The highest BCUT2D eigenvalue weighted by atomic mass is 17.1. The molecule has 0 bridgehead atoms. The smallest absolute Gasteiger partial charge is 0.253 e. The molecule has 1 unspecified atom stereocenters. The van der Waals surface area contributed by atoms with Crippen LogP contribution in [0.5, 0.6) is 0 Å². The minimum Gasteiger partial charge on any atom is -0.391 e. The summed E-state index contributed by atoms with van der Waals surface area (Å²) in [5.74, 6) is -1.03. The van der Waals surface area contributed by atoms with Gasteiger partial charge >= 0.3 is 0 Å². The number of hydrogen-bond acceptors (Lipinski definition) is 4. The van der Waals surface area contributed by atoms with Crippen molar-refractivity contribution in [1.29, 1.82) is 0 Å². The molecule has 3 fully saturated rings. The summed E-state index contributed by atoms with van der Waals surface area (Å²) in [5.41, 5.74) is 0. The van der Waals surface area contributed by atoms with Gasteiger partial charge in [0.05, 0.1) is 12.7 Å². The molecule has 3 saturated heterocycles. The molecule has 0 radical (unpaired) electrons. The number of hydrogen-bond donors (Lipinski definition) is 1. The van der Waals surface area contributed by atoms with Crippen molar-refractivity contribution in [1.82, 2.24) is 0 Å². The number of rotatable bonds is 3. The van der Waals surface area contributed by atoms with E-state index in [1.165, 1.54) is 0 Å². The lowest BCUT2D eigenvalue weighted by molar-refractivity contribution is -0.114. The van der Waals surface area contributed by atoms with Gasteiger partial charge in [-0.1, -0.05) is 0 Å². The van der Waals surface area contributed by atoms with E-state index >= 15 is 0 Å². The van der Waals surface area contributed by atoms with Crippen LogP contribution in [-0.4, -0.2) is 36.0 Å². The summed E-state index contributed by atoms with van der Waals surface area (Å²) < 4.78 is 15.3. The van der Waals surface area contributed by atoms with Crippen molar-refractivity contribution in [3.8, 4) is 0 Å². The lowest BCUT2D eigenvalue weighted by atomic mass is 10.2. The van der Waals surface area contributed by atoms with Crippen LogP contribution in [0.1, 0.15) is 6.42 Å². The van der Waals surface area contributed by atoms with Crippen molar-refractivity contribution >= 4 is 0 Å². The standard InChI is InChI=1S/C6H8O4/c7-3-6-5(9-6,10-6)1-4-2-8-4/h4,7H,1-3H2. The summed E-state index contributed by atoms with van der Waals surface area (Å²) in [5, 5.41) is 8.71. The zero-order valence-corrected chi connectivity index (χ0v) is 5.37. The molecule has 0 aromatic carbocycles. The Morgan fingerprint density at radius 1 is 1.40 bits per heavy atom. The van der Waals surface area contributed by atoms with Crippen molar-refractivity contribution < 1.29 is 19.3 Å². The van der Waals surface area contributed by atoms with Gasteiger partial charge in [0, 0.05) is 6.42 Å². The summed E-state index contributed by atoms with van der Waals surface area (Å²) in [4.78, 5) is 0. The van der Waals surface area contributed by atoms with Crippen LogP contribution in [0.4, 0.5) is 0 Å². The first-order valence-corrected chi connectivity index (χ1v) is 3.43. The summed E-state index contributed by atoms with van der Waals surface area (Å²) in [6.45, 7) is 0.787. The van der Waals surface area contributed by atoms with Crippen LogP contribution in [0.3, 0.4) is 0 Å². The monoisotopic (exact) mass is 144 g/mol. The second-order valence-corrected chi connectivity index (χ2v) is 3.03. The maximum atomic E-state index is 8.71. The SMILES string of the molecule is OCC12OC1(CC1CO1)O2. The Hall–Kier alpha value is -0.160. The van der Waals surface area contributed by atoms with E-state index in [-0.39, 0.29) is 6.61 Å². The Balaban J connectivity index is 1.65. The molecular weight excluding hydrogens is 136 g/mol. The van der Waals surface area contributed by atoms with Crippen LogP contribution in [0.15, 0.2) is 0 Å². The minimum atomic E-state index is -0.598. The molecule has 56 valence electrons. The van der Waals surface area contributed by atoms with Gasteiger partial charge in [-0.05, 0) is 0 Å². The van der Waals surface area contributed by atoms with Crippen LogP contribution in [-0.2, 0) is 14.2 Å². The fourth-order valence-electron chi connectivity index (χ4n) is 1.40. The van der Waals surface area contributed by atoms with E-state index in [0.717, 1.165) is 13.0 Å². The topological polar surface area (TPSA) is 57.8 Å². The van der Waals surface area contributed by atoms with Gasteiger partial charge in [-0.2, -0.15) is 0 Å². The first-order valence-electron chi connectivity index (χ1n) is 3.43. The van der Waals surface area contributed by atoms with Crippen LogP contribution >= 0.6 is 0 Å². The average Bonchev–Trinajstić information content (AvgIpc) is 2.65. The second kappa shape index (κ2) is 1.25. The summed E-state index contributed by atoms with van der Waals surface area (Å²) in [7, 11) is 0. The van der Waals surface area contributed by atoms with E-state index in [2.05, 4.69) is 0 Å². The number of fused-ring (bicyclic) bond motifs is 1. The van der Waals surface area contributed by atoms with Crippen LogP contribution < -0.4 is 0 Å². The van der Waals surface area contributed by atoms with Crippen molar-refractivity contribution in [2.24, 2.45) is 0 Å². The third kappa shape index (κ3) is 0.473. The number of epoxide rings is 3. The van der Waals surface area contributed by atoms with Crippen LogP contribution in [0, 0.1) is 0 Å². The fraction of sp³-hybridized carbons (Fsp3) is 1.00. The molecule has 10 heavy (non-hydrogen) atoms. The van der Waals surface area contributed by atoms with Gasteiger partial charge in [-0.3, -0.25) is 0 Å². The van der Waals surface area contributed by atoms with E-state index in [4.69, 9.17) is 19.3 Å². The summed E-state index contributed by atoms with van der Waals surface area (Å²) in [6, 6.07) is 0. The predicted octanol–water partition coefficient (Wildman–Crippen LogP) is -0.779. The second-order valence-electron chi connectivity index (χ2n) is 3.03. The molecular formula is C6H8O4. The maximum Gasteiger partial charge on any atom is 0.253 e. The summed E-state index contributed by atoms with van der Waals surface area (Å²) >= 11 is 0. The van der Waals surface area contributed by atoms with Gasteiger partial charge in [0.15, 0.2) is 0 Å². The Kier molecular flexibility index (Phi) is 0.686. The molecule has 4 nitrogen and oxygen atoms in total. The first-order chi connectivity index (χ1) is 4.80. The normalized spacial score (nSPS) is 61.5. The van der Waals surface area contributed by atoms with Gasteiger partial charge in [0.1, 0.15) is 6.61 Å². The van der Waals surface area contributed by atoms with Gasteiger partial charge < -0.3 is 19.3 Å². The Morgan fingerprint density at radius 2 is 2.10 bits per heavy atom. The molecule has 0 aliphatic carbocycles. The lowest BCUT2D eigenvalue weighted by Gasteiger charge is -1.95. The van der Waals surface area contributed by atoms with Crippen molar-refractivity contribution in [3.63, 3.8) is 0 Å². The zero-order chi connectivity index (χ0) is 6.82. The van der Waals surface area contributed by atoms with Gasteiger partial charge in [0.25, 0.3) is 5.79 Å². The number of ether oxygens (including phenoxy) is 3. The quantitative estimate of drug-likeness (QED) is 0.528. The molecule has 4 heteroatoms. The highest BCUT2D eigenvalue weighted by Crippen LogP contribution is 2.69. The maximum absolute atomic E-state index is 8.71. The number of aliphatic hydroxyl groups excluding tert-OH is 1. The minimum absolute atomic E-state index is 0.0281. The molecule has 3 heterocycles. The molecule has 0 amide bonds. The third-order valence-corrected chi connectivity index (χ3v) is 2.26. The van der Waals surface area contributed by atoms with E-state index in [1.807, 2.05) is 0 Å². The van der Waals surface area contributed by atoms with Crippen molar-refractivity contribution in [3.05, 3.63) is 0 Å². The predicted molar refractivity (Wildman–Crippen MR) is 29.1 cm³/mol. The van der Waals surface area contributed by atoms with Gasteiger partial charge in [-0.25, -0.2) is 0 Å². The largest absolute Gasteiger partial charge is 0.391 e. The molecule has 1 N–H and O–H groups in total. The van der Waals surface area contributed by atoms with Crippen LogP contribution in [0.2, 0.25) is 0 Å². The molecule has 3 aliphatic heterocycles. The molecule has 3 rings (SSSR count). The van der Waals surface area contributed by atoms with Gasteiger partial charge in [0.2, 0.25) is 5.79 Å². The summed E-state index contributed by atoms with van der Waals surface area (Å²) in [6.07, 6.45) is 1.10. The molecule has 0 aromatic heterocycles. The molecule has 1 atom stereocenters. The van der Waals surface area contributed by atoms with E-state index in [0.29, 0.717) is 6.10 Å². The van der Waals surface area contributed by atoms with E-state index < -0.39 is 11.6 Å². The Labute approximate surface area is 57.7 Å². The molecule has 0 spiro atoms. The molecule has 0 aromatic rings. The highest BCUT2D eigenvalue weighted by Gasteiger charge is 2.91. The zero-order valence-electron chi connectivity index (χ0n) is 5.37. The molecule has 3 aliphatic rings. The Morgan fingerprint density at radius 3 is 2.50 bits per heavy atom. The van der Waals surface area contributed by atoms with Crippen LogP contribution in [0.25, 0.3) is 0 Å². The van der Waals surface area contributed by atoms with E-state index in [1.54, 1.807) is 0 Å². The van der Waals surface area contributed by atoms with Gasteiger partial charge in [-0.15, -0.1) is 0 Å². The number of aliphatic hydroxyl groups is 1. The molecule has 0 saturated carbocycles. The van der Waals surface area contributed by atoms with Crippen molar-refractivity contribution in [2.45, 2.75) is 24.1 Å². The van der Waals surface area contributed by atoms with E-state index in [9.17, 15) is 0 Å². The third-order valence-electron chi connectivity index (χ3n) is 2.26. The lowest BCUT2D eigenvalue weighted by Crippen LogP contribution is -2.03. The first kappa shape index (κ1) is 5.49. The fourth-order valence-corrected chi connectivity index (χ4v) is 1.40. The highest BCUT2D eigenvalue weighted by molar-refractivity contribution is 5.19. The average molecular weight is 144 g/mol. The Bertz CT molecular complexity index is 180.